The quantitative estimate of drug-likeness (QED) is 0.748. The maximum absolute atomic E-state index is 13.8. The maximum Gasteiger partial charge on any atom is 0.131 e. The number of halogens is 1. The van der Waals surface area contributed by atoms with E-state index in [2.05, 4.69) is 11.9 Å². The van der Waals surface area contributed by atoms with Crippen LogP contribution in [0.4, 0.5) is 4.39 Å². The standard InChI is InChI=1S/C13H18FNO/c1-4-5-8-11(15-2)13-10(14)7-6-9-12(13)16-3/h4,6-7,9,11,15H,1,5,8H2,2-3H3. The number of methoxy groups -OCH3 is 1. The van der Waals surface area contributed by atoms with Crippen LogP contribution in [0.5, 0.6) is 5.75 Å². The molecule has 0 spiro atoms. The van der Waals surface area contributed by atoms with E-state index in [0.29, 0.717) is 11.3 Å². The van der Waals surface area contributed by atoms with Crippen LogP contribution in [0.15, 0.2) is 30.9 Å². The largest absolute Gasteiger partial charge is 0.496 e. The highest BCUT2D eigenvalue weighted by Gasteiger charge is 2.17. The second-order valence-corrected chi connectivity index (χ2v) is 3.56. The summed E-state index contributed by atoms with van der Waals surface area (Å²) in [6, 6.07) is 4.83. The van der Waals surface area contributed by atoms with E-state index in [-0.39, 0.29) is 11.9 Å². The number of hydrogen-bond donors (Lipinski definition) is 1. The van der Waals surface area contributed by atoms with Gasteiger partial charge < -0.3 is 10.1 Å². The first kappa shape index (κ1) is 12.7. The number of allylic oxidation sites excluding steroid dienone is 1. The highest BCUT2D eigenvalue weighted by Crippen LogP contribution is 2.30. The molecule has 16 heavy (non-hydrogen) atoms. The van der Waals surface area contributed by atoms with Crippen molar-refractivity contribution in [3.05, 3.63) is 42.2 Å². The van der Waals surface area contributed by atoms with E-state index in [1.165, 1.54) is 6.07 Å². The average molecular weight is 223 g/mol. The van der Waals surface area contributed by atoms with Crippen LogP contribution in [0.2, 0.25) is 0 Å². The van der Waals surface area contributed by atoms with Crippen molar-refractivity contribution in [1.82, 2.24) is 5.32 Å². The van der Waals surface area contributed by atoms with Crippen LogP contribution in [-0.2, 0) is 0 Å². The summed E-state index contributed by atoms with van der Waals surface area (Å²) in [7, 11) is 3.37. The molecule has 0 aromatic heterocycles. The van der Waals surface area contributed by atoms with E-state index in [4.69, 9.17) is 4.74 Å². The predicted molar refractivity (Wildman–Crippen MR) is 64.2 cm³/mol. The molecular weight excluding hydrogens is 205 g/mol. The Morgan fingerprint density at radius 1 is 1.56 bits per heavy atom. The molecule has 1 unspecified atom stereocenters. The lowest BCUT2D eigenvalue weighted by molar-refractivity contribution is 0.390. The molecule has 2 nitrogen and oxygen atoms in total. The van der Waals surface area contributed by atoms with Crippen LogP contribution >= 0.6 is 0 Å². The van der Waals surface area contributed by atoms with Crippen LogP contribution in [0.25, 0.3) is 0 Å². The van der Waals surface area contributed by atoms with Gasteiger partial charge in [-0.25, -0.2) is 4.39 Å². The predicted octanol–water partition coefficient (Wildman–Crippen LogP) is 3.06. The Balaban J connectivity index is 3.02. The SMILES string of the molecule is C=CCCC(NC)c1c(F)cccc1OC. The first-order valence-electron chi connectivity index (χ1n) is 5.35. The Kier molecular flexibility index (Phi) is 4.99. The summed E-state index contributed by atoms with van der Waals surface area (Å²) in [5.74, 6) is 0.353. The fourth-order valence-corrected chi connectivity index (χ4v) is 1.75. The highest BCUT2D eigenvalue weighted by molar-refractivity contribution is 5.37. The Hall–Kier alpha value is -1.35. The minimum absolute atomic E-state index is 0.0471. The molecule has 1 atom stereocenters. The summed E-state index contributed by atoms with van der Waals surface area (Å²) in [5.41, 5.74) is 0.592. The third kappa shape index (κ3) is 2.83. The van der Waals surface area contributed by atoms with Crippen LogP contribution in [0, 0.1) is 5.82 Å². The van der Waals surface area contributed by atoms with Crippen molar-refractivity contribution in [2.45, 2.75) is 18.9 Å². The van der Waals surface area contributed by atoms with E-state index in [1.807, 2.05) is 13.1 Å². The zero-order valence-corrected chi connectivity index (χ0v) is 9.79. The first-order valence-corrected chi connectivity index (χ1v) is 5.35. The highest BCUT2D eigenvalue weighted by atomic mass is 19.1. The molecule has 0 heterocycles. The second kappa shape index (κ2) is 6.28. The molecular formula is C13H18FNO. The molecule has 3 heteroatoms. The number of hydrogen-bond acceptors (Lipinski definition) is 2. The molecule has 0 saturated carbocycles. The molecule has 0 aliphatic carbocycles. The van der Waals surface area contributed by atoms with E-state index in [9.17, 15) is 4.39 Å². The summed E-state index contributed by atoms with van der Waals surface area (Å²) in [5, 5.41) is 3.10. The van der Waals surface area contributed by atoms with Gasteiger partial charge in [0.25, 0.3) is 0 Å². The first-order chi connectivity index (χ1) is 7.74. The van der Waals surface area contributed by atoms with Gasteiger partial charge in [0.2, 0.25) is 0 Å². The third-order valence-electron chi connectivity index (χ3n) is 2.59. The monoisotopic (exact) mass is 223 g/mol. The molecule has 1 aromatic carbocycles. The van der Waals surface area contributed by atoms with Crippen molar-refractivity contribution >= 4 is 0 Å². The Labute approximate surface area is 96.1 Å². The van der Waals surface area contributed by atoms with E-state index >= 15 is 0 Å². The number of ether oxygens (including phenoxy) is 1. The van der Waals surface area contributed by atoms with Crippen molar-refractivity contribution in [3.8, 4) is 5.75 Å². The Morgan fingerprint density at radius 3 is 2.88 bits per heavy atom. The van der Waals surface area contributed by atoms with Gasteiger partial charge in [0, 0.05) is 11.6 Å². The molecule has 0 fully saturated rings. The molecule has 1 aromatic rings. The summed E-state index contributed by atoms with van der Waals surface area (Å²) in [4.78, 5) is 0. The van der Waals surface area contributed by atoms with Crippen molar-refractivity contribution in [2.75, 3.05) is 14.2 Å². The second-order valence-electron chi connectivity index (χ2n) is 3.56. The number of nitrogens with one attached hydrogen (secondary N) is 1. The summed E-state index contributed by atoms with van der Waals surface area (Å²) < 4.78 is 18.9. The molecule has 0 saturated heterocycles. The molecule has 0 aliphatic rings. The van der Waals surface area contributed by atoms with Crippen LogP contribution in [-0.4, -0.2) is 14.2 Å². The molecule has 1 rings (SSSR count). The smallest absolute Gasteiger partial charge is 0.131 e. The lowest BCUT2D eigenvalue weighted by Crippen LogP contribution is -2.18. The lowest BCUT2D eigenvalue weighted by Gasteiger charge is -2.19. The molecule has 0 bridgehead atoms. The molecule has 88 valence electrons. The molecule has 1 N–H and O–H groups in total. The fourth-order valence-electron chi connectivity index (χ4n) is 1.75. The van der Waals surface area contributed by atoms with Gasteiger partial charge in [-0.3, -0.25) is 0 Å². The Bertz CT molecular complexity index is 352. The average Bonchev–Trinajstić information content (AvgIpc) is 2.31. The van der Waals surface area contributed by atoms with Gasteiger partial charge in [-0.05, 0) is 32.0 Å². The third-order valence-corrected chi connectivity index (χ3v) is 2.59. The zero-order valence-electron chi connectivity index (χ0n) is 9.79. The summed E-state index contributed by atoms with van der Waals surface area (Å²) in [6.07, 6.45) is 3.47. The topological polar surface area (TPSA) is 21.3 Å². The van der Waals surface area contributed by atoms with Gasteiger partial charge >= 0.3 is 0 Å². The zero-order chi connectivity index (χ0) is 12.0. The summed E-state index contributed by atoms with van der Waals surface area (Å²) in [6.45, 7) is 3.67. The van der Waals surface area contributed by atoms with Crippen LogP contribution < -0.4 is 10.1 Å². The van der Waals surface area contributed by atoms with Gasteiger partial charge in [0.15, 0.2) is 0 Å². The number of benzene rings is 1. The van der Waals surface area contributed by atoms with Crippen molar-refractivity contribution in [1.29, 1.82) is 0 Å². The van der Waals surface area contributed by atoms with Gasteiger partial charge in [-0.15, -0.1) is 6.58 Å². The molecule has 0 aliphatic heterocycles. The van der Waals surface area contributed by atoms with Crippen molar-refractivity contribution < 1.29 is 9.13 Å². The molecule has 0 amide bonds. The van der Waals surface area contributed by atoms with Crippen LogP contribution in [0.3, 0.4) is 0 Å². The van der Waals surface area contributed by atoms with Gasteiger partial charge in [-0.2, -0.15) is 0 Å². The Morgan fingerprint density at radius 2 is 2.31 bits per heavy atom. The van der Waals surface area contributed by atoms with Crippen molar-refractivity contribution in [2.24, 2.45) is 0 Å². The normalized spacial score (nSPS) is 12.2. The van der Waals surface area contributed by atoms with E-state index in [0.717, 1.165) is 12.8 Å². The van der Waals surface area contributed by atoms with E-state index in [1.54, 1.807) is 19.2 Å². The van der Waals surface area contributed by atoms with E-state index < -0.39 is 0 Å². The van der Waals surface area contributed by atoms with Crippen LogP contribution in [0.1, 0.15) is 24.4 Å². The summed E-state index contributed by atoms with van der Waals surface area (Å²) >= 11 is 0. The van der Waals surface area contributed by atoms with Gasteiger partial charge in [-0.1, -0.05) is 12.1 Å². The van der Waals surface area contributed by atoms with Gasteiger partial charge in [0.1, 0.15) is 11.6 Å². The minimum Gasteiger partial charge on any atom is -0.496 e. The minimum atomic E-state index is -0.234. The maximum atomic E-state index is 13.8. The van der Waals surface area contributed by atoms with Gasteiger partial charge in [0.05, 0.1) is 7.11 Å². The van der Waals surface area contributed by atoms with Crippen molar-refractivity contribution in [3.63, 3.8) is 0 Å². The number of rotatable bonds is 6. The molecule has 0 radical (unpaired) electrons. The fraction of sp³-hybridized carbons (Fsp3) is 0.385. The lowest BCUT2D eigenvalue weighted by atomic mass is 10.0.